The smallest absolute Gasteiger partial charge is 0.261 e. The third kappa shape index (κ3) is 2.94. The summed E-state index contributed by atoms with van der Waals surface area (Å²) in [5.41, 5.74) is 1.63. The van der Waals surface area contributed by atoms with Crippen LogP contribution in [0.15, 0.2) is 48.5 Å². The average Bonchev–Trinajstić information content (AvgIpc) is 3.24. The fourth-order valence-corrected chi connectivity index (χ4v) is 3.15. The lowest BCUT2D eigenvalue weighted by atomic mass is 10.0. The van der Waals surface area contributed by atoms with Gasteiger partial charge in [0.15, 0.2) is 5.82 Å². The number of imide groups is 1. The summed E-state index contributed by atoms with van der Waals surface area (Å²) in [5, 5.41) is 9.87. The lowest BCUT2D eigenvalue weighted by molar-refractivity contribution is 0.0693. The molecule has 1 atom stereocenters. The van der Waals surface area contributed by atoms with Crippen molar-refractivity contribution in [2.45, 2.75) is 13.0 Å². The zero-order valence-corrected chi connectivity index (χ0v) is 15.3. The van der Waals surface area contributed by atoms with Crippen LogP contribution in [0.1, 0.15) is 54.3 Å². The van der Waals surface area contributed by atoms with Gasteiger partial charge < -0.3 is 5.32 Å². The molecule has 0 fully saturated rings. The van der Waals surface area contributed by atoms with Crippen LogP contribution >= 0.6 is 0 Å². The third-order valence-electron chi connectivity index (χ3n) is 4.63. The molecule has 140 valence electrons. The summed E-state index contributed by atoms with van der Waals surface area (Å²) < 4.78 is 0. The van der Waals surface area contributed by atoms with Crippen LogP contribution in [0.4, 0.5) is 0 Å². The molecule has 0 aliphatic carbocycles. The molecule has 1 aliphatic rings. The van der Waals surface area contributed by atoms with Crippen molar-refractivity contribution in [2.75, 3.05) is 7.05 Å². The number of aromatic amines is 1. The molecule has 0 spiro atoms. The molecule has 2 heterocycles. The van der Waals surface area contributed by atoms with E-state index >= 15 is 0 Å². The molecular formula is C20H17N5O3. The highest BCUT2D eigenvalue weighted by Gasteiger charge is 2.33. The van der Waals surface area contributed by atoms with E-state index in [4.69, 9.17) is 0 Å². The normalized spacial score (nSPS) is 14.1. The number of aryl methyl sites for hydroxylation is 1. The second kappa shape index (κ2) is 6.73. The Morgan fingerprint density at radius 3 is 2.46 bits per heavy atom. The van der Waals surface area contributed by atoms with Crippen LogP contribution in [0.25, 0.3) is 0 Å². The van der Waals surface area contributed by atoms with Gasteiger partial charge in [-0.1, -0.05) is 30.3 Å². The summed E-state index contributed by atoms with van der Waals surface area (Å²) in [6.45, 7) is 1.78. The van der Waals surface area contributed by atoms with Crippen LogP contribution in [-0.4, -0.2) is 44.9 Å². The summed E-state index contributed by atoms with van der Waals surface area (Å²) in [5.74, 6) is -0.114. The predicted octanol–water partition coefficient (Wildman–Crippen LogP) is 1.86. The number of amides is 3. The van der Waals surface area contributed by atoms with E-state index in [-0.39, 0.29) is 17.0 Å². The van der Waals surface area contributed by atoms with Gasteiger partial charge in [-0.3, -0.25) is 24.4 Å². The number of rotatable bonds is 4. The number of carbonyl (C=O) groups is 3. The first-order chi connectivity index (χ1) is 13.5. The van der Waals surface area contributed by atoms with Crippen molar-refractivity contribution >= 4 is 17.7 Å². The minimum atomic E-state index is -0.563. The van der Waals surface area contributed by atoms with Crippen LogP contribution in [0.2, 0.25) is 0 Å². The fourth-order valence-electron chi connectivity index (χ4n) is 3.15. The summed E-state index contributed by atoms with van der Waals surface area (Å²) in [6, 6.07) is 13.3. The highest BCUT2D eigenvalue weighted by molar-refractivity contribution is 6.21. The maximum atomic E-state index is 12.9. The average molecular weight is 375 g/mol. The number of fused-ring (bicyclic) bond motifs is 1. The molecule has 2 aromatic carbocycles. The number of benzene rings is 2. The first kappa shape index (κ1) is 17.6. The lowest BCUT2D eigenvalue weighted by Crippen LogP contribution is -2.30. The number of nitrogens with one attached hydrogen (secondary N) is 2. The summed E-state index contributed by atoms with van der Waals surface area (Å²) in [4.78, 5) is 42.5. The van der Waals surface area contributed by atoms with Gasteiger partial charge in [0.05, 0.1) is 11.1 Å². The molecule has 8 nitrogen and oxygen atoms in total. The van der Waals surface area contributed by atoms with Gasteiger partial charge >= 0.3 is 0 Å². The summed E-state index contributed by atoms with van der Waals surface area (Å²) in [6.07, 6.45) is 0. The highest BCUT2D eigenvalue weighted by Crippen LogP contribution is 2.24. The zero-order valence-electron chi connectivity index (χ0n) is 15.3. The molecule has 0 bridgehead atoms. The number of hydrogen-bond donors (Lipinski definition) is 2. The first-order valence-corrected chi connectivity index (χ1v) is 8.67. The lowest BCUT2D eigenvalue weighted by Gasteiger charge is -2.16. The van der Waals surface area contributed by atoms with Gasteiger partial charge in [0.2, 0.25) is 0 Å². The Morgan fingerprint density at radius 2 is 1.79 bits per heavy atom. The number of nitrogens with zero attached hydrogens (tertiary/aromatic N) is 3. The Balaban J connectivity index is 1.66. The minimum Gasteiger partial charge on any atom is -0.338 e. The van der Waals surface area contributed by atoms with Crippen molar-refractivity contribution in [2.24, 2.45) is 0 Å². The van der Waals surface area contributed by atoms with Crippen LogP contribution in [-0.2, 0) is 0 Å². The SMILES string of the molecule is Cc1nc(C(NC(=O)c2ccc3c(c2)C(=O)N(C)C3=O)c2ccccc2)n[nH]1. The van der Waals surface area contributed by atoms with Gasteiger partial charge in [-0.15, -0.1) is 0 Å². The minimum absolute atomic E-state index is 0.227. The maximum absolute atomic E-state index is 12.9. The van der Waals surface area contributed by atoms with Crippen molar-refractivity contribution in [3.8, 4) is 0 Å². The van der Waals surface area contributed by atoms with Gasteiger partial charge in [-0.25, -0.2) is 4.98 Å². The van der Waals surface area contributed by atoms with Crippen molar-refractivity contribution in [1.29, 1.82) is 0 Å². The van der Waals surface area contributed by atoms with E-state index in [0.29, 0.717) is 17.2 Å². The van der Waals surface area contributed by atoms with Crippen molar-refractivity contribution < 1.29 is 14.4 Å². The number of carbonyl (C=O) groups excluding carboxylic acids is 3. The number of hydrogen-bond acceptors (Lipinski definition) is 5. The summed E-state index contributed by atoms with van der Waals surface area (Å²) in [7, 11) is 1.42. The van der Waals surface area contributed by atoms with E-state index in [0.717, 1.165) is 10.5 Å². The number of H-pyrrole nitrogens is 1. The monoisotopic (exact) mass is 375 g/mol. The zero-order chi connectivity index (χ0) is 19.8. The maximum Gasteiger partial charge on any atom is 0.261 e. The quantitative estimate of drug-likeness (QED) is 0.677. The Bertz CT molecular complexity index is 1090. The fraction of sp³-hybridized carbons (Fsp3) is 0.150. The highest BCUT2D eigenvalue weighted by atomic mass is 16.2. The van der Waals surface area contributed by atoms with E-state index in [1.54, 1.807) is 6.92 Å². The molecule has 1 unspecified atom stereocenters. The van der Waals surface area contributed by atoms with Gasteiger partial charge in [0.1, 0.15) is 11.9 Å². The van der Waals surface area contributed by atoms with Crippen molar-refractivity contribution in [3.05, 3.63) is 82.4 Å². The van der Waals surface area contributed by atoms with Crippen LogP contribution in [0, 0.1) is 6.92 Å². The van der Waals surface area contributed by atoms with Crippen molar-refractivity contribution in [1.82, 2.24) is 25.4 Å². The van der Waals surface area contributed by atoms with E-state index in [2.05, 4.69) is 20.5 Å². The predicted molar refractivity (Wildman–Crippen MR) is 99.7 cm³/mol. The molecule has 1 aromatic heterocycles. The Morgan fingerprint density at radius 1 is 1.07 bits per heavy atom. The molecule has 0 radical (unpaired) electrons. The van der Waals surface area contributed by atoms with Gasteiger partial charge in [0, 0.05) is 12.6 Å². The molecule has 3 amide bonds. The molecule has 8 heteroatoms. The second-order valence-corrected chi connectivity index (χ2v) is 6.53. The molecule has 1 aliphatic heterocycles. The van der Waals surface area contributed by atoms with Gasteiger partial charge in [-0.2, -0.15) is 5.10 Å². The second-order valence-electron chi connectivity index (χ2n) is 6.53. The van der Waals surface area contributed by atoms with E-state index in [1.165, 1.54) is 25.2 Å². The first-order valence-electron chi connectivity index (χ1n) is 8.67. The third-order valence-corrected chi connectivity index (χ3v) is 4.63. The van der Waals surface area contributed by atoms with E-state index < -0.39 is 17.9 Å². The van der Waals surface area contributed by atoms with Crippen LogP contribution in [0.3, 0.4) is 0 Å². The molecular weight excluding hydrogens is 358 g/mol. The van der Waals surface area contributed by atoms with E-state index in [1.807, 2.05) is 30.3 Å². The molecule has 0 saturated carbocycles. The van der Waals surface area contributed by atoms with Gasteiger partial charge in [-0.05, 0) is 30.7 Å². The van der Waals surface area contributed by atoms with E-state index in [9.17, 15) is 14.4 Å². The Labute approximate surface area is 160 Å². The van der Waals surface area contributed by atoms with Crippen LogP contribution in [0.5, 0.6) is 0 Å². The molecule has 4 rings (SSSR count). The molecule has 3 aromatic rings. The molecule has 0 saturated heterocycles. The largest absolute Gasteiger partial charge is 0.338 e. The Hall–Kier alpha value is -3.81. The number of aromatic nitrogens is 3. The molecule has 28 heavy (non-hydrogen) atoms. The summed E-state index contributed by atoms with van der Waals surface area (Å²) >= 11 is 0. The van der Waals surface area contributed by atoms with Crippen molar-refractivity contribution in [3.63, 3.8) is 0 Å². The Kier molecular flexibility index (Phi) is 4.23. The topological polar surface area (TPSA) is 108 Å². The van der Waals surface area contributed by atoms with Gasteiger partial charge in [0.25, 0.3) is 17.7 Å². The van der Waals surface area contributed by atoms with Crippen LogP contribution < -0.4 is 5.32 Å². The standard InChI is InChI=1S/C20H17N5O3/c1-11-21-17(24-23-11)16(12-6-4-3-5-7-12)22-18(26)13-8-9-14-15(10-13)20(28)25(2)19(14)27/h3-10,16H,1-2H3,(H,22,26)(H,21,23,24). The molecule has 2 N–H and O–H groups in total.